The number of nitrogens with one attached hydrogen (secondary N) is 2. The van der Waals surface area contributed by atoms with Gasteiger partial charge in [0.25, 0.3) is 0 Å². The number of benzene rings is 1. The van der Waals surface area contributed by atoms with Gasteiger partial charge in [-0.25, -0.2) is 0 Å². The monoisotopic (exact) mass is 266 g/mol. The molecule has 0 spiro atoms. The number of amides is 1. The lowest BCUT2D eigenvalue weighted by atomic mass is 10.1. The maximum absolute atomic E-state index is 11.6. The Hall–Kier alpha value is -1.43. The van der Waals surface area contributed by atoms with Gasteiger partial charge in [-0.05, 0) is 12.0 Å². The van der Waals surface area contributed by atoms with Gasteiger partial charge >= 0.3 is 0 Å². The van der Waals surface area contributed by atoms with E-state index in [9.17, 15) is 9.90 Å². The highest BCUT2D eigenvalue weighted by molar-refractivity contribution is 5.78. The highest BCUT2D eigenvalue weighted by Gasteiger charge is 2.11. The van der Waals surface area contributed by atoms with Crippen LogP contribution in [0.4, 0.5) is 0 Å². The van der Waals surface area contributed by atoms with E-state index in [0.717, 1.165) is 5.56 Å². The van der Waals surface area contributed by atoms with Gasteiger partial charge in [0.15, 0.2) is 0 Å². The fourth-order valence-electron chi connectivity index (χ4n) is 1.71. The molecule has 1 aromatic carbocycles. The average molecular weight is 266 g/mol. The first-order valence-electron chi connectivity index (χ1n) is 6.40. The number of carbonyl (C=O) groups is 1. The zero-order valence-electron chi connectivity index (χ0n) is 11.3. The first kappa shape index (κ1) is 15.6. The molecular formula is C14H22N2O3. The Bertz CT molecular complexity index is 357. The molecule has 19 heavy (non-hydrogen) atoms. The smallest absolute Gasteiger partial charge is 0.234 e. The van der Waals surface area contributed by atoms with E-state index in [1.807, 2.05) is 30.3 Å². The number of hydrogen-bond donors (Lipinski definition) is 3. The molecule has 1 unspecified atom stereocenters. The van der Waals surface area contributed by atoms with Crippen LogP contribution in [0, 0.1) is 0 Å². The lowest BCUT2D eigenvalue weighted by Crippen LogP contribution is -2.43. The Morgan fingerprint density at radius 1 is 1.37 bits per heavy atom. The number of carbonyl (C=O) groups excluding carboxylic acids is 1. The van der Waals surface area contributed by atoms with Gasteiger partial charge in [-0.1, -0.05) is 30.3 Å². The quantitative estimate of drug-likeness (QED) is 0.548. The van der Waals surface area contributed by atoms with E-state index >= 15 is 0 Å². The zero-order chi connectivity index (χ0) is 13.9. The van der Waals surface area contributed by atoms with Gasteiger partial charge < -0.3 is 20.5 Å². The molecule has 0 heterocycles. The Morgan fingerprint density at radius 2 is 2.11 bits per heavy atom. The Balaban J connectivity index is 2.29. The van der Waals surface area contributed by atoms with Gasteiger partial charge in [0, 0.05) is 13.7 Å². The second-order valence-corrected chi connectivity index (χ2v) is 4.31. The third-order valence-corrected chi connectivity index (χ3v) is 2.68. The molecule has 0 saturated carbocycles. The summed E-state index contributed by atoms with van der Waals surface area (Å²) in [5.41, 5.74) is 1.09. The van der Waals surface area contributed by atoms with Crippen molar-refractivity contribution in [2.24, 2.45) is 0 Å². The van der Waals surface area contributed by atoms with Crippen LogP contribution in [0.1, 0.15) is 5.56 Å². The fourth-order valence-corrected chi connectivity index (χ4v) is 1.71. The molecule has 3 N–H and O–H groups in total. The minimum atomic E-state index is -0.251. The van der Waals surface area contributed by atoms with Crippen molar-refractivity contribution in [2.75, 3.05) is 33.4 Å². The lowest BCUT2D eigenvalue weighted by Gasteiger charge is -2.16. The first-order valence-corrected chi connectivity index (χ1v) is 6.40. The van der Waals surface area contributed by atoms with Crippen LogP contribution in [0.5, 0.6) is 0 Å². The summed E-state index contributed by atoms with van der Waals surface area (Å²) in [7, 11) is 1.61. The molecule has 106 valence electrons. The van der Waals surface area contributed by atoms with Crippen LogP contribution in [0.3, 0.4) is 0 Å². The minimum absolute atomic E-state index is 0.0707. The lowest BCUT2D eigenvalue weighted by molar-refractivity contribution is -0.121. The maximum atomic E-state index is 11.6. The predicted octanol–water partition coefficient (Wildman–Crippen LogP) is -0.0578. The van der Waals surface area contributed by atoms with Crippen LogP contribution >= 0.6 is 0 Å². The van der Waals surface area contributed by atoms with Crippen LogP contribution in [-0.2, 0) is 16.0 Å². The standard InChI is InChI=1S/C14H22N2O3/c1-19-8-7-15-10-14(18)16-13(11-17)9-12-5-3-2-4-6-12/h2-6,13,15,17H,7-11H2,1H3,(H,16,18). The van der Waals surface area contributed by atoms with Gasteiger partial charge in [-0.3, -0.25) is 4.79 Å². The Morgan fingerprint density at radius 3 is 2.74 bits per heavy atom. The molecule has 0 aromatic heterocycles. The molecule has 0 radical (unpaired) electrons. The van der Waals surface area contributed by atoms with Crippen LogP contribution in [0.15, 0.2) is 30.3 Å². The third kappa shape index (κ3) is 6.91. The molecule has 0 aliphatic heterocycles. The van der Waals surface area contributed by atoms with Gasteiger partial charge in [0.2, 0.25) is 5.91 Å². The normalized spacial score (nSPS) is 12.1. The largest absolute Gasteiger partial charge is 0.394 e. The van der Waals surface area contributed by atoms with Crippen LogP contribution in [-0.4, -0.2) is 50.5 Å². The highest BCUT2D eigenvalue weighted by Crippen LogP contribution is 2.02. The number of aliphatic hydroxyl groups excluding tert-OH is 1. The summed E-state index contributed by atoms with van der Waals surface area (Å²) in [5.74, 6) is -0.119. The molecule has 5 nitrogen and oxygen atoms in total. The van der Waals surface area contributed by atoms with Crippen molar-refractivity contribution in [3.63, 3.8) is 0 Å². The van der Waals surface area contributed by atoms with Gasteiger partial charge in [0.1, 0.15) is 0 Å². The topological polar surface area (TPSA) is 70.6 Å². The van der Waals surface area contributed by atoms with Crippen molar-refractivity contribution in [2.45, 2.75) is 12.5 Å². The number of aliphatic hydroxyl groups is 1. The first-order chi connectivity index (χ1) is 9.26. The summed E-state index contributed by atoms with van der Waals surface area (Å²) in [6, 6.07) is 9.53. The molecule has 0 bridgehead atoms. The van der Waals surface area contributed by atoms with E-state index in [1.165, 1.54) is 0 Å². The zero-order valence-corrected chi connectivity index (χ0v) is 11.3. The summed E-state index contributed by atoms with van der Waals surface area (Å²) in [6.07, 6.45) is 0.626. The molecule has 1 aromatic rings. The molecule has 1 amide bonds. The van der Waals surface area contributed by atoms with Crippen molar-refractivity contribution in [3.8, 4) is 0 Å². The molecular weight excluding hydrogens is 244 g/mol. The highest BCUT2D eigenvalue weighted by atomic mass is 16.5. The van der Waals surface area contributed by atoms with Gasteiger partial charge in [-0.15, -0.1) is 0 Å². The maximum Gasteiger partial charge on any atom is 0.234 e. The molecule has 1 rings (SSSR count). The molecule has 0 aliphatic carbocycles. The SMILES string of the molecule is COCCNCC(=O)NC(CO)Cc1ccccc1. The average Bonchev–Trinajstić information content (AvgIpc) is 2.44. The van der Waals surface area contributed by atoms with Crippen LogP contribution < -0.4 is 10.6 Å². The Labute approximate surface area is 114 Å². The fraction of sp³-hybridized carbons (Fsp3) is 0.500. The van der Waals surface area contributed by atoms with E-state index in [0.29, 0.717) is 19.6 Å². The minimum Gasteiger partial charge on any atom is -0.394 e. The summed E-state index contributed by atoms with van der Waals surface area (Å²) < 4.78 is 4.87. The second-order valence-electron chi connectivity index (χ2n) is 4.31. The van der Waals surface area contributed by atoms with E-state index in [-0.39, 0.29) is 25.1 Å². The van der Waals surface area contributed by atoms with Crippen molar-refractivity contribution in [1.82, 2.24) is 10.6 Å². The van der Waals surface area contributed by atoms with Gasteiger partial charge in [0.05, 0.1) is 25.8 Å². The van der Waals surface area contributed by atoms with Crippen molar-refractivity contribution >= 4 is 5.91 Å². The van der Waals surface area contributed by atoms with Crippen LogP contribution in [0.25, 0.3) is 0 Å². The van der Waals surface area contributed by atoms with Crippen molar-refractivity contribution in [3.05, 3.63) is 35.9 Å². The van der Waals surface area contributed by atoms with Crippen molar-refractivity contribution < 1.29 is 14.6 Å². The molecule has 0 saturated heterocycles. The summed E-state index contributed by atoms with van der Waals surface area (Å²) in [4.78, 5) is 11.6. The van der Waals surface area contributed by atoms with E-state index < -0.39 is 0 Å². The predicted molar refractivity (Wildman–Crippen MR) is 73.9 cm³/mol. The van der Waals surface area contributed by atoms with Crippen molar-refractivity contribution in [1.29, 1.82) is 0 Å². The molecule has 5 heteroatoms. The number of rotatable bonds is 9. The summed E-state index contributed by atoms with van der Waals surface area (Å²) in [5, 5.41) is 15.1. The molecule has 0 fully saturated rings. The van der Waals surface area contributed by atoms with Gasteiger partial charge in [-0.2, -0.15) is 0 Å². The second kappa shape index (κ2) is 9.49. The number of methoxy groups -OCH3 is 1. The van der Waals surface area contributed by atoms with E-state index in [2.05, 4.69) is 10.6 Å². The Kier molecular flexibility index (Phi) is 7.81. The number of hydrogen-bond acceptors (Lipinski definition) is 4. The number of ether oxygens (including phenoxy) is 1. The van der Waals surface area contributed by atoms with E-state index in [1.54, 1.807) is 7.11 Å². The molecule has 0 aliphatic rings. The van der Waals surface area contributed by atoms with E-state index in [4.69, 9.17) is 4.74 Å². The third-order valence-electron chi connectivity index (χ3n) is 2.68. The summed E-state index contributed by atoms with van der Waals surface area (Å²) >= 11 is 0. The molecule has 1 atom stereocenters. The van der Waals surface area contributed by atoms with Crippen LogP contribution in [0.2, 0.25) is 0 Å². The summed E-state index contributed by atoms with van der Waals surface area (Å²) in [6.45, 7) is 1.36.